The van der Waals surface area contributed by atoms with Crippen LogP contribution in [0.15, 0.2) is 40.2 Å². The number of nitrogens with one attached hydrogen (secondary N) is 2. The summed E-state index contributed by atoms with van der Waals surface area (Å²) in [6.45, 7) is 8.39. The van der Waals surface area contributed by atoms with Crippen LogP contribution in [0.25, 0.3) is 0 Å². The van der Waals surface area contributed by atoms with Crippen LogP contribution in [-0.4, -0.2) is 59.6 Å². The Balaban J connectivity index is 1.74. The average molecular weight is 365 g/mol. The molecule has 2 rings (SSSR count). The first kappa shape index (κ1) is 19.9. The molecule has 1 aliphatic rings. The molecule has 0 saturated carbocycles. The van der Waals surface area contributed by atoms with E-state index >= 15 is 0 Å². The number of aliphatic imine (C=N–C) groups is 1. The van der Waals surface area contributed by atoms with Crippen molar-refractivity contribution in [2.75, 3.05) is 39.0 Å². The van der Waals surface area contributed by atoms with Crippen LogP contribution in [0.3, 0.4) is 0 Å². The van der Waals surface area contributed by atoms with Crippen molar-refractivity contribution in [3.63, 3.8) is 0 Å². The molecule has 1 aromatic rings. The fourth-order valence-electron chi connectivity index (χ4n) is 3.08. The van der Waals surface area contributed by atoms with Crippen molar-refractivity contribution in [1.82, 2.24) is 15.5 Å². The molecule has 0 spiro atoms. The summed E-state index contributed by atoms with van der Waals surface area (Å²) in [6.07, 6.45) is 3.94. The standard InChI is InChI=1S/C19H32N4OS/c1-19(2,23-13-8-5-9-14-23)16-22-18(20-3)21-12-15-25(24)17-10-6-4-7-11-17/h4,6-7,10-11H,5,8-9,12-16H2,1-3H3,(H2,20,21,22). The lowest BCUT2D eigenvalue weighted by Crippen LogP contribution is -2.55. The first-order valence-corrected chi connectivity index (χ1v) is 10.5. The summed E-state index contributed by atoms with van der Waals surface area (Å²) in [4.78, 5) is 7.71. The zero-order valence-corrected chi connectivity index (χ0v) is 16.6. The summed E-state index contributed by atoms with van der Waals surface area (Å²) in [7, 11) is 0.795. The van der Waals surface area contributed by atoms with E-state index in [2.05, 4.69) is 34.4 Å². The number of benzene rings is 1. The van der Waals surface area contributed by atoms with Crippen molar-refractivity contribution >= 4 is 16.8 Å². The Labute approximate surface area is 154 Å². The van der Waals surface area contributed by atoms with E-state index in [0.717, 1.165) is 17.4 Å². The molecule has 0 bridgehead atoms. The SMILES string of the molecule is CN=C(NCCS(=O)c1ccccc1)NCC(C)(C)N1CCCCC1. The Morgan fingerprint density at radius 2 is 1.84 bits per heavy atom. The number of nitrogens with zero attached hydrogens (tertiary/aromatic N) is 2. The summed E-state index contributed by atoms with van der Waals surface area (Å²) in [5, 5.41) is 6.69. The minimum Gasteiger partial charge on any atom is -0.355 e. The maximum Gasteiger partial charge on any atom is 0.191 e. The second-order valence-electron chi connectivity index (χ2n) is 7.08. The molecular formula is C19H32N4OS. The Morgan fingerprint density at radius 1 is 1.16 bits per heavy atom. The van der Waals surface area contributed by atoms with Crippen LogP contribution < -0.4 is 10.6 Å². The predicted octanol–water partition coefficient (Wildman–Crippen LogP) is 2.22. The van der Waals surface area contributed by atoms with Crippen LogP contribution in [-0.2, 0) is 10.8 Å². The largest absolute Gasteiger partial charge is 0.355 e. The minimum absolute atomic E-state index is 0.102. The van der Waals surface area contributed by atoms with Crippen molar-refractivity contribution in [1.29, 1.82) is 0 Å². The van der Waals surface area contributed by atoms with Gasteiger partial charge in [0.25, 0.3) is 0 Å². The molecule has 1 saturated heterocycles. The third kappa shape index (κ3) is 6.44. The summed E-state index contributed by atoms with van der Waals surface area (Å²) in [5.41, 5.74) is 0.102. The van der Waals surface area contributed by atoms with Crippen LogP contribution in [0.5, 0.6) is 0 Å². The van der Waals surface area contributed by atoms with Gasteiger partial charge in [0.1, 0.15) is 0 Å². The third-order valence-electron chi connectivity index (χ3n) is 4.71. The topological polar surface area (TPSA) is 56.7 Å². The van der Waals surface area contributed by atoms with E-state index in [-0.39, 0.29) is 5.54 Å². The van der Waals surface area contributed by atoms with E-state index in [1.807, 2.05) is 30.3 Å². The Bertz CT molecular complexity index is 568. The maximum absolute atomic E-state index is 12.2. The van der Waals surface area contributed by atoms with Gasteiger partial charge in [0.15, 0.2) is 5.96 Å². The summed E-state index contributed by atoms with van der Waals surface area (Å²) < 4.78 is 12.2. The van der Waals surface area contributed by atoms with Gasteiger partial charge in [-0.1, -0.05) is 24.6 Å². The molecule has 1 aromatic carbocycles. The molecule has 1 unspecified atom stereocenters. The smallest absolute Gasteiger partial charge is 0.191 e. The van der Waals surface area contributed by atoms with Crippen molar-refractivity contribution in [3.05, 3.63) is 30.3 Å². The summed E-state index contributed by atoms with van der Waals surface area (Å²) in [6, 6.07) is 9.59. The van der Waals surface area contributed by atoms with Crippen molar-refractivity contribution < 1.29 is 4.21 Å². The second-order valence-corrected chi connectivity index (χ2v) is 8.65. The van der Waals surface area contributed by atoms with Gasteiger partial charge in [-0.25, -0.2) is 0 Å². The van der Waals surface area contributed by atoms with Crippen molar-refractivity contribution in [2.45, 2.75) is 43.5 Å². The van der Waals surface area contributed by atoms with Crippen LogP contribution in [0.2, 0.25) is 0 Å². The van der Waals surface area contributed by atoms with Gasteiger partial charge in [-0.2, -0.15) is 0 Å². The van der Waals surface area contributed by atoms with Crippen LogP contribution >= 0.6 is 0 Å². The van der Waals surface area contributed by atoms with Gasteiger partial charge in [-0.05, 0) is 51.9 Å². The van der Waals surface area contributed by atoms with Crippen LogP contribution in [0, 0.1) is 0 Å². The van der Waals surface area contributed by atoms with Gasteiger partial charge in [0, 0.05) is 36.3 Å². The molecule has 0 radical (unpaired) electrons. The Morgan fingerprint density at radius 3 is 2.48 bits per heavy atom. The second kappa shape index (κ2) is 9.92. The van der Waals surface area contributed by atoms with Gasteiger partial charge in [0.2, 0.25) is 0 Å². The van der Waals surface area contributed by atoms with E-state index in [0.29, 0.717) is 12.3 Å². The zero-order valence-electron chi connectivity index (χ0n) is 15.8. The van der Waals surface area contributed by atoms with Crippen molar-refractivity contribution in [3.8, 4) is 0 Å². The highest BCUT2D eigenvalue weighted by molar-refractivity contribution is 7.85. The summed E-state index contributed by atoms with van der Waals surface area (Å²) in [5.74, 6) is 1.34. The highest BCUT2D eigenvalue weighted by Crippen LogP contribution is 2.19. The fraction of sp³-hybridized carbons (Fsp3) is 0.632. The molecule has 0 aliphatic carbocycles. The highest BCUT2D eigenvalue weighted by atomic mass is 32.2. The maximum atomic E-state index is 12.2. The fourth-order valence-corrected chi connectivity index (χ4v) is 4.07. The predicted molar refractivity (Wildman–Crippen MR) is 107 cm³/mol. The minimum atomic E-state index is -0.980. The molecule has 2 N–H and O–H groups in total. The lowest BCUT2D eigenvalue weighted by molar-refractivity contribution is 0.0982. The molecular weight excluding hydrogens is 332 g/mol. The average Bonchev–Trinajstić information content (AvgIpc) is 2.65. The molecule has 140 valence electrons. The first-order valence-electron chi connectivity index (χ1n) is 9.16. The van der Waals surface area contributed by atoms with E-state index < -0.39 is 10.8 Å². The number of likely N-dealkylation sites (tertiary alicyclic amines) is 1. The highest BCUT2D eigenvalue weighted by Gasteiger charge is 2.27. The zero-order chi connectivity index (χ0) is 18.1. The Kier molecular flexibility index (Phi) is 7.90. The van der Waals surface area contributed by atoms with E-state index in [1.54, 1.807) is 7.05 Å². The summed E-state index contributed by atoms with van der Waals surface area (Å²) >= 11 is 0. The third-order valence-corrected chi connectivity index (χ3v) is 6.08. The van der Waals surface area contributed by atoms with Crippen LogP contribution in [0.4, 0.5) is 0 Å². The lowest BCUT2D eigenvalue weighted by Gasteiger charge is -2.41. The number of rotatable bonds is 7. The van der Waals surface area contributed by atoms with Gasteiger partial charge in [-0.15, -0.1) is 0 Å². The number of hydrogen-bond acceptors (Lipinski definition) is 3. The molecule has 25 heavy (non-hydrogen) atoms. The number of guanidine groups is 1. The van der Waals surface area contributed by atoms with Gasteiger partial charge >= 0.3 is 0 Å². The van der Waals surface area contributed by atoms with Gasteiger partial charge in [0.05, 0.1) is 10.8 Å². The monoisotopic (exact) mass is 364 g/mol. The molecule has 1 atom stereocenters. The molecule has 1 fully saturated rings. The van der Waals surface area contributed by atoms with Crippen LogP contribution in [0.1, 0.15) is 33.1 Å². The molecule has 5 nitrogen and oxygen atoms in total. The van der Waals surface area contributed by atoms with Gasteiger partial charge in [-0.3, -0.25) is 14.1 Å². The quantitative estimate of drug-likeness (QED) is 0.575. The number of hydrogen-bond donors (Lipinski definition) is 2. The molecule has 0 aromatic heterocycles. The molecule has 6 heteroatoms. The molecule has 1 heterocycles. The van der Waals surface area contributed by atoms with E-state index in [1.165, 1.54) is 32.4 Å². The molecule has 0 amide bonds. The van der Waals surface area contributed by atoms with Gasteiger partial charge < -0.3 is 10.6 Å². The van der Waals surface area contributed by atoms with Crippen molar-refractivity contribution in [2.24, 2.45) is 4.99 Å². The Hall–Kier alpha value is -1.40. The lowest BCUT2D eigenvalue weighted by atomic mass is 9.98. The van der Waals surface area contributed by atoms with E-state index in [9.17, 15) is 4.21 Å². The van der Waals surface area contributed by atoms with E-state index in [4.69, 9.17) is 0 Å². The first-order chi connectivity index (χ1) is 12.0. The number of piperidine rings is 1. The molecule has 1 aliphatic heterocycles. The normalized spacial score (nSPS) is 18.0.